The monoisotopic (exact) mass is 333 g/mol. The van der Waals surface area contributed by atoms with Gasteiger partial charge in [0, 0.05) is 18.0 Å². The third kappa shape index (κ3) is 4.61. The van der Waals surface area contributed by atoms with Gasteiger partial charge in [0.05, 0.1) is 7.11 Å². The van der Waals surface area contributed by atoms with Crippen molar-refractivity contribution < 1.29 is 18.3 Å². The molecule has 0 aliphatic rings. The lowest BCUT2D eigenvalue weighted by Crippen LogP contribution is -2.29. The minimum Gasteiger partial charge on any atom is -0.497 e. The van der Waals surface area contributed by atoms with E-state index in [1.54, 1.807) is 31.4 Å². The topological polar surface area (TPSA) is 29.5 Å². The summed E-state index contributed by atoms with van der Waals surface area (Å²) >= 11 is 0. The van der Waals surface area contributed by atoms with Gasteiger partial charge in [-0.25, -0.2) is 8.78 Å². The zero-order valence-corrected chi connectivity index (χ0v) is 14.1. The number of benzene rings is 2. The first-order chi connectivity index (χ1) is 11.4. The van der Waals surface area contributed by atoms with Gasteiger partial charge >= 0.3 is 0 Å². The van der Waals surface area contributed by atoms with Gasteiger partial charge in [-0.3, -0.25) is 4.79 Å². The molecule has 0 aliphatic carbocycles. The quantitative estimate of drug-likeness (QED) is 0.726. The van der Waals surface area contributed by atoms with Gasteiger partial charge in [-0.05, 0) is 50.3 Å². The highest BCUT2D eigenvalue weighted by Crippen LogP contribution is 2.20. The van der Waals surface area contributed by atoms with Gasteiger partial charge in [0.15, 0.2) is 17.4 Å². The molecule has 0 heterocycles. The fraction of sp³-hybridized carbons (Fsp3) is 0.316. The maximum atomic E-state index is 13.4. The third-order valence-electron chi connectivity index (χ3n) is 3.78. The Balaban J connectivity index is 2.26. The van der Waals surface area contributed by atoms with Gasteiger partial charge in [-0.2, -0.15) is 0 Å². The number of Topliss-reactive ketones (excluding diaryl/α,β-unsaturated/α-hetero) is 1. The van der Waals surface area contributed by atoms with E-state index in [0.29, 0.717) is 29.8 Å². The van der Waals surface area contributed by atoms with Gasteiger partial charge in [0.2, 0.25) is 0 Å². The molecule has 5 heteroatoms. The number of rotatable bonds is 7. The second-order valence-electron chi connectivity index (χ2n) is 6.01. The van der Waals surface area contributed by atoms with Gasteiger partial charge in [0.1, 0.15) is 5.75 Å². The standard InChI is InChI=1S/C19H21F2NO2/c1-22(2)12-15(9-13-7-8-17(20)18(21)10-13)19(23)14-5-4-6-16(11-14)24-3/h4-8,10-11,15H,9,12H2,1-3H3. The fourth-order valence-electron chi connectivity index (χ4n) is 2.64. The molecule has 0 saturated heterocycles. The molecule has 0 aliphatic heterocycles. The van der Waals surface area contributed by atoms with E-state index < -0.39 is 11.6 Å². The highest BCUT2D eigenvalue weighted by Gasteiger charge is 2.22. The molecule has 3 nitrogen and oxygen atoms in total. The minimum atomic E-state index is -0.898. The Morgan fingerprint density at radius 3 is 2.50 bits per heavy atom. The summed E-state index contributed by atoms with van der Waals surface area (Å²) in [5.41, 5.74) is 1.14. The Kier molecular flexibility index (Phi) is 6.04. The molecule has 0 spiro atoms. The Hall–Kier alpha value is -2.27. The summed E-state index contributed by atoms with van der Waals surface area (Å²) in [5.74, 6) is -1.59. The molecule has 1 unspecified atom stereocenters. The van der Waals surface area contributed by atoms with Crippen LogP contribution in [0.1, 0.15) is 15.9 Å². The summed E-state index contributed by atoms with van der Waals surface area (Å²) in [4.78, 5) is 14.8. The summed E-state index contributed by atoms with van der Waals surface area (Å²) in [7, 11) is 5.29. The summed E-state index contributed by atoms with van der Waals surface area (Å²) in [5, 5.41) is 0. The van der Waals surface area contributed by atoms with Crippen LogP contribution < -0.4 is 4.74 Å². The van der Waals surface area contributed by atoms with Crippen molar-refractivity contribution >= 4 is 5.78 Å². The average molecular weight is 333 g/mol. The summed E-state index contributed by atoms with van der Waals surface area (Å²) in [6.07, 6.45) is 0.339. The predicted octanol–water partition coefficient (Wildman–Crippen LogP) is 3.58. The molecule has 2 aromatic carbocycles. The molecular weight excluding hydrogens is 312 g/mol. The van der Waals surface area contributed by atoms with Gasteiger partial charge in [0.25, 0.3) is 0 Å². The van der Waals surface area contributed by atoms with Gasteiger partial charge < -0.3 is 9.64 Å². The Morgan fingerprint density at radius 2 is 1.88 bits per heavy atom. The molecule has 0 aromatic heterocycles. The number of carbonyl (C=O) groups is 1. The summed E-state index contributed by atoms with van der Waals surface area (Å²) in [6.45, 7) is 0.509. The van der Waals surface area contributed by atoms with Crippen LogP contribution in [0.4, 0.5) is 8.78 Å². The molecule has 0 N–H and O–H groups in total. The zero-order chi connectivity index (χ0) is 17.7. The van der Waals surface area contributed by atoms with E-state index in [1.807, 2.05) is 19.0 Å². The zero-order valence-electron chi connectivity index (χ0n) is 14.1. The van der Waals surface area contributed by atoms with Crippen LogP contribution in [0.15, 0.2) is 42.5 Å². The number of ether oxygens (including phenoxy) is 1. The van der Waals surface area contributed by atoms with Crippen molar-refractivity contribution in [2.75, 3.05) is 27.7 Å². The fourth-order valence-corrected chi connectivity index (χ4v) is 2.64. The van der Waals surface area contributed by atoms with Crippen LogP contribution in [-0.4, -0.2) is 38.4 Å². The Morgan fingerprint density at radius 1 is 1.12 bits per heavy atom. The van der Waals surface area contributed by atoms with Crippen molar-refractivity contribution in [3.63, 3.8) is 0 Å². The number of halogens is 2. The van der Waals surface area contributed by atoms with E-state index in [0.717, 1.165) is 12.1 Å². The SMILES string of the molecule is COc1cccc(C(=O)C(Cc2ccc(F)c(F)c2)CN(C)C)c1. The number of hydrogen-bond acceptors (Lipinski definition) is 3. The van der Waals surface area contributed by atoms with Crippen LogP contribution in [-0.2, 0) is 6.42 Å². The number of carbonyl (C=O) groups excluding carboxylic acids is 1. The number of hydrogen-bond donors (Lipinski definition) is 0. The van der Waals surface area contributed by atoms with Crippen LogP contribution in [0.2, 0.25) is 0 Å². The second-order valence-corrected chi connectivity index (χ2v) is 6.01. The van der Waals surface area contributed by atoms with Crippen molar-refractivity contribution in [3.05, 3.63) is 65.2 Å². The average Bonchev–Trinajstić information content (AvgIpc) is 2.56. The van der Waals surface area contributed by atoms with E-state index in [-0.39, 0.29) is 11.7 Å². The molecule has 1 atom stereocenters. The maximum absolute atomic E-state index is 13.4. The van der Waals surface area contributed by atoms with Crippen LogP contribution >= 0.6 is 0 Å². The van der Waals surface area contributed by atoms with E-state index in [2.05, 4.69) is 0 Å². The van der Waals surface area contributed by atoms with Crippen LogP contribution in [0.25, 0.3) is 0 Å². The largest absolute Gasteiger partial charge is 0.497 e. The number of ketones is 1. The van der Waals surface area contributed by atoms with Crippen LogP contribution in [0.5, 0.6) is 5.75 Å². The normalized spacial score (nSPS) is 12.2. The molecule has 0 saturated carbocycles. The van der Waals surface area contributed by atoms with Crippen LogP contribution in [0, 0.1) is 17.6 Å². The van der Waals surface area contributed by atoms with E-state index in [9.17, 15) is 13.6 Å². The molecular formula is C19H21F2NO2. The van der Waals surface area contributed by atoms with E-state index >= 15 is 0 Å². The van der Waals surface area contributed by atoms with Crippen molar-refractivity contribution in [3.8, 4) is 5.75 Å². The first-order valence-electron chi connectivity index (χ1n) is 7.67. The molecule has 0 bridgehead atoms. The molecule has 0 amide bonds. The first kappa shape index (κ1) is 18.1. The third-order valence-corrected chi connectivity index (χ3v) is 3.78. The van der Waals surface area contributed by atoms with Crippen molar-refractivity contribution in [1.82, 2.24) is 4.90 Å². The number of methoxy groups -OCH3 is 1. The van der Waals surface area contributed by atoms with Crippen molar-refractivity contribution in [1.29, 1.82) is 0 Å². The summed E-state index contributed by atoms with van der Waals surface area (Å²) in [6, 6.07) is 10.7. The first-order valence-corrected chi connectivity index (χ1v) is 7.67. The number of nitrogens with zero attached hydrogens (tertiary/aromatic N) is 1. The maximum Gasteiger partial charge on any atom is 0.167 e. The van der Waals surface area contributed by atoms with Gasteiger partial charge in [-0.1, -0.05) is 18.2 Å². The van der Waals surface area contributed by atoms with Crippen molar-refractivity contribution in [2.24, 2.45) is 5.92 Å². The molecule has 0 radical (unpaired) electrons. The van der Waals surface area contributed by atoms with E-state index in [1.165, 1.54) is 6.07 Å². The second kappa shape index (κ2) is 8.02. The van der Waals surface area contributed by atoms with E-state index in [4.69, 9.17) is 4.74 Å². The molecule has 0 fully saturated rings. The Bertz CT molecular complexity index is 716. The molecule has 2 rings (SSSR count). The van der Waals surface area contributed by atoms with Crippen LogP contribution in [0.3, 0.4) is 0 Å². The molecule has 128 valence electrons. The van der Waals surface area contributed by atoms with Crippen molar-refractivity contribution in [2.45, 2.75) is 6.42 Å². The highest BCUT2D eigenvalue weighted by molar-refractivity contribution is 5.98. The molecule has 24 heavy (non-hydrogen) atoms. The smallest absolute Gasteiger partial charge is 0.167 e. The lowest BCUT2D eigenvalue weighted by molar-refractivity contribution is 0.0896. The lowest BCUT2D eigenvalue weighted by atomic mass is 9.90. The minimum absolute atomic E-state index is 0.0488. The highest BCUT2D eigenvalue weighted by atomic mass is 19.2. The predicted molar refractivity (Wildman–Crippen MR) is 89.4 cm³/mol. The molecule has 2 aromatic rings. The lowest BCUT2D eigenvalue weighted by Gasteiger charge is -2.20. The van der Waals surface area contributed by atoms with Gasteiger partial charge in [-0.15, -0.1) is 0 Å². The summed E-state index contributed by atoms with van der Waals surface area (Å²) < 4.78 is 31.7. The Labute approximate surface area is 140 Å².